The van der Waals surface area contributed by atoms with Crippen molar-refractivity contribution in [3.8, 4) is 0 Å². The Morgan fingerprint density at radius 3 is 2.13 bits per heavy atom. The van der Waals surface area contributed by atoms with E-state index in [-0.39, 0.29) is 5.70 Å². The molecule has 2 rings (SSSR count). The lowest BCUT2D eigenvalue weighted by Crippen LogP contribution is -2.27. The van der Waals surface area contributed by atoms with Crippen LogP contribution >= 0.6 is 0 Å². The molecule has 0 aliphatic heterocycles. The molecule has 0 saturated carbocycles. The van der Waals surface area contributed by atoms with Crippen LogP contribution in [0.15, 0.2) is 60.3 Å². The second-order valence-electron chi connectivity index (χ2n) is 5.17. The van der Waals surface area contributed by atoms with Crippen molar-refractivity contribution in [1.82, 2.24) is 5.32 Å². The summed E-state index contributed by atoms with van der Waals surface area (Å²) in [5.74, 6) is -1.64. The smallest absolute Gasteiger partial charge is 0.352 e. The molecule has 0 aromatic heterocycles. The van der Waals surface area contributed by atoms with E-state index in [0.29, 0.717) is 11.1 Å². The molecule has 0 radical (unpaired) electrons. The van der Waals surface area contributed by atoms with E-state index in [2.05, 4.69) is 5.32 Å². The van der Waals surface area contributed by atoms with Crippen molar-refractivity contribution in [1.29, 1.82) is 0 Å². The molecule has 23 heavy (non-hydrogen) atoms. The van der Waals surface area contributed by atoms with E-state index in [1.54, 1.807) is 42.5 Å². The Hall–Kier alpha value is -3.08. The Labute approximate surface area is 134 Å². The van der Waals surface area contributed by atoms with E-state index in [1.165, 1.54) is 6.08 Å². The molecule has 0 heterocycles. The number of benzene rings is 2. The molecule has 0 aliphatic carbocycles. The summed E-state index contributed by atoms with van der Waals surface area (Å²) in [7, 11) is 3.85. The number of anilines is 1. The summed E-state index contributed by atoms with van der Waals surface area (Å²) in [6.07, 6.45) is 1.43. The SMILES string of the molecule is CN(C)c1ccc(/C=C(/NC(=O)c2ccccc2)C(=O)O)cc1. The van der Waals surface area contributed by atoms with Crippen LogP contribution < -0.4 is 10.2 Å². The zero-order chi connectivity index (χ0) is 16.8. The van der Waals surface area contributed by atoms with Crippen molar-refractivity contribution in [2.24, 2.45) is 0 Å². The quantitative estimate of drug-likeness (QED) is 0.833. The van der Waals surface area contributed by atoms with Crippen LogP contribution in [0.1, 0.15) is 15.9 Å². The molecule has 1 amide bonds. The molecule has 2 aromatic carbocycles. The third-order valence-corrected chi connectivity index (χ3v) is 3.24. The Morgan fingerprint density at radius 2 is 1.61 bits per heavy atom. The fourth-order valence-electron chi connectivity index (χ4n) is 1.97. The lowest BCUT2D eigenvalue weighted by Gasteiger charge is -2.12. The zero-order valence-electron chi connectivity index (χ0n) is 13.0. The number of carbonyl (C=O) groups excluding carboxylic acids is 1. The number of carboxylic acid groups (broad SMARTS) is 1. The highest BCUT2D eigenvalue weighted by molar-refractivity contribution is 6.02. The van der Waals surface area contributed by atoms with Gasteiger partial charge in [0, 0.05) is 25.3 Å². The average Bonchev–Trinajstić information content (AvgIpc) is 2.55. The van der Waals surface area contributed by atoms with Crippen LogP contribution in [0.3, 0.4) is 0 Å². The normalized spacial score (nSPS) is 11.0. The summed E-state index contributed by atoms with van der Waals surface area (Å²) in [6, 6.07) is 15.8. The second-order valence-corrected chi connectivity index (χ2v) is 5.17. The van der Waals surface area contributed by atoms with Crippen molar-refractivity contribution in [2.75, 3.05) is 19.0 Å². The van der Waals surface area contributed by atoms with Crippen molar-refractivity contribution >= 4 is 23.6 Å². The van der Waals surface area contributed by atoms with E-state index in [9.17, 15) is 14.7 Å². The molecule has 118 valence electrons. The second kappa shape index (κ2) is 7.26. The van der Waals surface area contributed by atoms with Gasteiger partial charge in [-0.15, -0.1) is 0 Å². The number of nitrogens with one attached hydrogen (secondary N) is 1. The molecule has 2 N–H and O–H groups in total. The minimum atomic E-state index is -1.19. The Bertz CT molecular complexity index is 720. The van der Waals surface area contributed by atoms with E-state index in [4.69, 9.17) is 0 Å². The van der Waals surface area contributed by atoms with Crippen LogP contribution in [0.25, 0.3) is 6.08 Å². The first kappa shape index (κ1) is 16.3. The summed E-state index contributed by atoms with van der Waals surface area (Å²) in [5.41, 5.74) is 1.94. The fraction of sp³-hybridized carbons (Fsp3) is 0.111. The van der Waals surface area contributed by atoms with Gasteiger partial charge in [-0.3, -0.25) is 4.79 Å². The van der Waals surface area contributed by atoms with Crippen LogP contribution in [0, 0.1) is 0 Å². The molecule has 0 fully saturated rings. The first-order valence-corrected chi connectivity index (χ1v) is 7.06. The predicted molar refractivity (Wildman–Crippen MR) is 90.3 cm³/mol. The van der Waals surface area contributed by atoms with Gasteiger partial charge in [-0.05, 0) is 35.9 Å². The van der Waals surface area contributed by atoms with Crippen molar-refractivity contribution in [3.05, 3.63) is 71.4 Å². The number of hydrogen-bond donors (Lipinski definition) is 2. The molecule has 0 bridgehead atoms. The van der Waals surface area contributed by atoms with Gasteiger partial charge < -0.3 is 15.3 Å². The minimum Gasteiger partial charge on any atom is -0.477 e. The summed E-state index contributed by atoms with van der Waals surface area (Å²) in [4.78, 5) is 25.4. The Balaban J connectivity index is 2.21. The van der Waals surface area contributed by atoms with Crippen LogP contribution in [-0.4, -0.2) is 31.1 Å². The number of rotatable bonds is 5. The first-order valence-electron chi connectivity index (χ1n) is 7.06. The van der Waals surface area contributed by atoms with Gasteiger partial charge in [-0.25, -0.2) is 4.79 Å². The van der Waals surface area contributed by atoms with Crippen LogP contribution in [0.5, 0.6) is 0 Å². The van der Waals surface area contributed by atoms with Crippen molar-refractivity contribution in [2.45, 2.75) is 0 Å². The van der Waals surface area contributed by atoms with E-state index in [1.807, 2.05) is 31.1 Å². The molecule has 0 aliphatic rings. The molecule has 5 nitrogen and oxygen atoms in total. The van der Waals surface area contributed by atoms with Gasteiger partial charge in [0.05, 0.1) is 0 Å². The molecule has 0 saturated heterocycles. The molecule has 0 unspecified atom stereocenters. The maximum Gasteiger partial charge on any atom is 0.352 e. The Morgan fingerprint density at radius 1 is 1.00 bits per heavy atom. The monoisotopic (exact) mass is 310 g/mol. The van der Waals surface area contributed by atoms with Gasteiger partial charge in [-0.1, -0.05) is 30.3 Å². The van der Waals surface area contributed by atoms with Gasteiger partial charge in [0.25, 0.3) is 5.91 Å². The predicted octanol–water partition coefficient (Wildman–Crippen LogP) is 2.61. The molecule has 0 spiro atoms. The molecular formula is C18H18N2O3. The molecular weight excluding hydrogens is 292 g/mol. The Kier molecular flexibility index (Phi) is 5.15. The standard InChI is InChI=1S/C18H18N2O3/c1-20(2)15-10-8-13(9-11-15)12-16(18(22)23)19-17(21)14-6-4-3-5-7-14/h3-12H,1-2H3,(H,19,21)(H,22,23)/b16-12+. The summed E-state index contributed by atoms with van der Waals surface area (Å²) < 4.78 is 0. The lowest BCUT2D eigenvalue weighted by molar-refractivity contribution is -0.132. The van der Waals surface area contributed by atoms with Gasteiger partial charge in [-0.2, -0.15) is 0 Å². The average molecular weight is 310 g/mol. The number of carboxylic acids is 1. The third-order valence-electron chi connectivity index (χ3n) is 3.24. The van der Waals surface area contributed by atoms with Crippen molar-refractivity contribution in [3.63, 3.8) is 0 Å². The minimum absolute atomic E-state index is 0.170. The zero-order valence-corrected chi connectivity index (χ0v) is 13.0. The highest BCUT2D eigenvalue weighted by atomic mass is 16.4. The summed E-state index contributed by atoms with van der Waals surface area (Å²) in [6.45, 7) is 0. The molecule has 5 heteroatoms. The first-order chi connectivity index (χ1) is 11.0. The highest BCUT2D eigenvalue weighted by Gasteiger charge is 2.13. The summed E-state index contributed by atoms with van der Waals surface area (Å²) >= 11 is 0. The number of nitrogens with zero attached hydrogens (tertiary/aromatic N) is 1. The number of amides is 1. The van der Waals surface area contributed by atoms with Crippen LogP contribution in [0.4, 0.5) is 5.69 Å². The maximum absolute atomic E-state index is 12.1. The third kappa shape index (κ3) is 4.44. The van der Waals surface area contributed by atoms with Gasteiger partial charge in [0.2, 0.25) is 0 Å². The van der Waals surface area contributed by atoms with Gasteiger partial charge in [0.1, 0.15) is 5.70 Å². The number of aliphatic carboxylic acids is 1. The largest absolute Gasteiger partial charge is 0.477 e. The molecule has 0 atom stereocenters. The molecule has 2 aromatic rings. The van der Waals surface area contributed by atoms with Gasteiger partial charge in [0.15, 0.2) is 0 Å². The highest BCUT2D eigenvalue weighted by Crippen LogP contribution is 2.14. The lowest BCUT2D eigenvalue weighted by atomic mass is 10.1. The maximum atomic E-state index is 12.1. The fourth-order valence-corrected chi connectivity index (χ4v) is 1.97. The number of carbonyl (C=O) groups is 2. The van der Waals surface area contributed by atoms with E-state index < -0.39 is 11.9 Å². The van der Waals surface area contributed by atoms with Gasteiger partial charge >= 0.3 is 5.97 Å². The van der Waals surface area contributed by atoms with Crippen molar-refractivity contribution < 1.29 is 14.7 Å². The van der Waals surface area contributed by atoms with Crippen LogP contribution in [0.2, 0.25) is 0 Å². The summed E-state index contributed by atoms with van der Waals surface area (Å²) in [5, 5.41) is 11.7. The number of hydrogen-bond acceptors (Lipinski definition) is 3. The van der Waals surface area contributed by atoms with E-state index in [0.717, 1.165) is 5.69 Å². The van der Waals surface area contributed by atoms with Crippen LogP contribution in [-0.2, 0) is 4.79 Å². The topological polar surface area (TPSA) is 69.6 Å². The van der Waals surface area contributed by atoms with E-state index >= 15 is 0 Å².